The van der Waals surface area contributed by atoms with E-state index in [4.69, 9.17) is 5.11 Å². The van der Waals surface area contributed by atoms with Crippen LogP contribution in [0.5, 0.6) is 0 Å². The summed E-state index contributed by atoms with van der Waals surface area (Å²) in [4.78, 5) is 4.24. The number of nitrogens with zero attached hydrogens (tertiary/aromatic N) is 1. The van der Waals surface area contributed by atoms with Crippen molar-refractivity contribution in [2.24, 2.45) is 0 Å². The van der Waals surface area contributed by atoms with Crippen molar-refractivity contribution in [3.63, 3.8) is 0 Å². The third-order valence-corrected chi connectivity index (χ3v) is 2.87. The quantitative estimate of drug-likeness (QED) is 0.757. The van der Waals surface area contributed by atoms with Crippen molar-refractivity contribution in [2.75, 3.05) is 0 Å². The van der Waals surface area contributed by atoms with Crippen molar-refractivity contribution in [2.45, 2.75) is 39.5 Å². The van der Waals surface area contributed by atoms with Crippen LogP contribution in [0, 0.1) is 0 Å². The summed E-state index contributed by atoms with van der Waals surface area (Å²) in [6.07, 6.45) is 1.12. The summed E-state index contributed by atoms with van der Waals surface area (Å²) < 4.78 is 0. The van der Waals surface area contributed by atoms with Gasteiger partial charge in [0.2, 0.25) is 0 Å². The SMILES string of the molecule is CCC(C)NCc1nc(CO)cs1. The van der Waals surface area contributed by atoms with Gasteiger partial charge >= 0.3 is 0 Å². The summed E-state index contributed by atoms with van der Waals surface area (Å²) >= 11 is 1.59. The molecule has 0 spiro atoms. The number of aromatic nitrogens is 1. The maximum absolute atomic E-state index is 8.80. The number of hydrogen-bond acceptors (Lipinski definition) is 4. The molecule has 1 rings (SSSR count). The van der Waals surface area contributed by atoms with Gasteiger partial charge in [0, 0.05) is 18.0 Å². The van der Waals surface area contributed by atoms with Crippen molar-refractivity contribution in [3.8, 4) is 0 Å². The van der Waals surface area contributed by atoms with E-state index in [1.54, 1.807) is 11.3 Å². The second kappa shape index (κ2) is 5.32. The van der Waals surface area contributed by atoms with Gasteiger partial charge in [0.1, 0.15) is 5.01 Å². The van der Waals surface area contributed by atoms with Gasteiger partial charge in [0.25, 0.3) is 0 Å². The van der Waals surface area contributed by atoms with Gasteiger partial charge in [0.15, 0.2) is 0 Å². The number of aliphatic hydroxyl groups is 1. The molecule has 0 amide bonds. The fourth-order valence-corrected chi connectivity index (χ4v) is 1.64. The van der Waals surface area contributed by atoms with E-state index >= 15 is 0 Å². The lowest BCUT2D eigenvalue weighted by Crippen LogP contribution is -2.24. The second-order valence-electron chi connectivity index (χ2n) is 3.08. The minimum atomic E-state index is 0.0415. The van der Waals surface area contributed by atoms with Gasteiger partial charge in [-0.25, -0.2) is 4.98 Å². The van der Waals surface area contributed by atoms with E-state index in [9.17, 15) is 0 Å². The first-order valence-electron chi connectivity index (χ1n) is 4.53. The minimum Gasteiger partial charge on any atom is -0.390 e. The lowest BCUT2D eigenvalue weighted by Gasteiger charge is -2.08. The molecule has 4 heteroatoms. The monoisotopic (exact) mass is 200 g/mol. The zero-order chi connectivity index (χ0) is 9.68. The number of thiazole rings is 1. The van der Waals surface area contributed by atoms with E-state index in [0.717, 1.165) is 23.7 Å². The minimum absolute atomic E-state index is 0.0415. The average molecular weight is 200 g/mol. The van der Waals surface area contributed by atoms with Crippen LogP contribution in [0.2, 0.25) is 0 Å². The Morgan fingerprint density at radius 1 is 1.69 bits per heavy atom. The largest absolute Gasteiger partial charge is 0.390 e. The Morgan fingerprint density at radius 3 is 3.00 bits per heavy atom. The molecule has 1 heterocycles. The summed E-state index contributed by atoms with van der Waals surface area (Å²) in [5.74, 6) is 0. The Balaban J connectivity index is 2.36. The van der Waals surface area contributed by atoms with Gasteiger partial charge in [-0.1, -0.05) is 6.92 Å². The van der Waals surface area contributed by atoms with E-state index in [-0.39, 0.29) is 6.61 Å². The van der Waals surface area contributed by atoms with E-state index in [0.29, 0.717) is 6.04 Å². The molecule has 0 aliphatic rings. The molecule has 0 saturated carbocycles. The van der Waals surface area contributed by atoms with E-state index < -0.39 is 0 Å². The fraction of sp³-hybridized carbons (Fsp3) is 0.667. The van der Waals surface area contributed by atoms with Crippen LogP contribution < -0.4 is 5.32 Å². The molecule has 74 valence electrons. The summed E-state index contributed by atoms with van der Waals surface area (Å²) in [5.41, 5.74) is 0.769. The predicted molar refractivity (Wildman–Crippen MR) is 54.6 cm³/mol. The number of rotatable bonds is 5. The molecule has 0 aromatic carbocycles. The van der Waals surface area contributed by atoms with Gasteiger partial charge in [-0.2, -0.15) is 0 Å². The summed E-state index contributed by atoms with van der Waals surface area (Å²) in [5, 5.41) is 15.1. The highest BCUT2D eigenvalue weighted by atomic mass is 32.1. The van der Waals surface area contributed by atoms with Crippen LogP contribution in [-0.4, -0.2) is 16.1 Å². The molecule has 2 N–H and O–H groups in total. The Kier molecular flexibility index (Phi) is 4.35. The molecule has 0 saturated heterocycles. The molecule has 0 aliphatic carbocycles. The first-order valence-corrected chi connectivity index (χ1v) is 5.41. The molecule has 1 atom stereocenters. The maximum Gasteiger partial charge on any atom is 0.107 e. The molecule has 13 heavy (non-hydrogen) atoms. The predicted octanol–water partition coefficient (Wildman–Crippen LogP) is 1.52. The summed E-state index contributed by atoms with van der Waals surface area (Å²) in [7, 11) is 0. The lowest BCUT2D eigenvalue weighted by molar-refractivity contribution is 0.277. The molecule has 0 aliphatic heterocycles. The molecule has 0 bridgehead atoms. The topological polar surface area (TPSA) is 45.2 Å². The molecule has 1 aromatic rings. The van der Waals surface area contributed by atoms with Crippen molar-refractivity contribution >= 4 is 11.3 Å². The fourth-order valence-electron chi connectivity index (χ4n) is 0.909. The smallest absolute Gasteiger partial charge is 0.107 e. The molecule has 1 unspecified atom stereocenters. The zero-order valence-corrected chi connectivity index (χ0v) is 8.90. The van der Waals surface area contributed by atoms with Gasteiger partial charge in [-0.05, 0) is 13.3 Å². The Hall–Kier alpha value is -0.450. The van der Waals surface area contributed by atoms with Crippen LogP contribution in [0.15, 0.2) is 5.38 Å². The van der Waals surface area contributed by atoms with Crippen molar-refractivity contribution < 1.29 is 5.11 Å². The Bertz CT molecular complexity index is 250. The van der Waals surface area contributed by atoms with E-state index in [1.807, 2.05) is 5.38 Å². The molecule has 1 aromatic heterocycles. The molecule has 0 radical (unpaired) electrons. The van der Waals surface area contributed by atoms with Gasteiger partial charge in [-0.3, -0.25) is 0 Å². The summed E-state index contributed by atoms with van der Waals surface area (Å²) in [6, 6.07) is 0.529. The highest BCUT2D eigenvalue weighted by Gasteiger charge is 2.02. The normalized spacial score (nSPS) is 13.2. The summed E-state index contributed by atoms with van der Waals surface area (Å²) in [6.45, 7) is 5.15. The number of hydrogen-bond donors (Lipinski definition) is 2. The molecule has 3 nitrogen and oxygen atoms in total. The Morgan fingerprint density at radius 2 is 2.46 bits per heavy atom. The average Bonchev–Trinajstić information content (AvgIpc) is 2.61. The van der Waals surface area contributed by atoms with Gasteiger partial charge in [-0.15, -0.1) is 11.3 Å². The lowest BCUT2D eigenvalue weighted by atomic mass is 10.3. The molecular formula is C9H16N2OS. The highest BCUT2D eigenvalue weighted by Crippen LogP contribution is 2.09. The Labute approximate surface area is 82.8 Å². The van der Waals surface area contributed by atoms with Crippen molar-refractivity contribution in [1.82, 2.24) is 10.3 Å². The molecular weight excluding hydrogens is 184 g/mol. The zero-order valence-electron chi connectivity index (χ0n) is 8.08. The van der Waals surface area contributed by atoms with E-state index in [2.05, 4.69) is 24.1 Å². The van der Waals surface area contributed by atoms with Crippen LogP contribution in [0.3, 0.4) is 0 Å². The number of nitrogens with one attached hydrogen (secondary N) is 1. The highest BCUT2D eigenvalue weighted by molar-refractivity contribution is 7.09. The van der Waals surface area contributed by atoms with Crippen molar-refractivity contribution in [3.05, 3.63) is 16.1 Å². The van der Waals surface area contributed by atoms with Crippen LogP contribution in [0.25, 0.3) is 0 Å². The van der Waals surface area contributed by atoms with Crippen molar-refractivity contribution in [1.29, 1.82) is 0 Å². The second-order valence-corrected chi connectivity index (χ2v) is 4.02. The van der Waals surface area contributed by atoms with Crippen LogP contribution >= 0.6 is 11.3 Å². The van der Waals surface area contributed by atoms with Crippen LogP contribution in [0.1, 0.15) is 31.0 Å². The first kappa shape index (κ1) is 10.6. The van der Waals surface area contributed by atoms with Gasteiger partial charge in [0.05, 0.1) is 12.3 Å². The van der Waals surface area contributed by atoms with E-state index in [1.165, 1.54) is 0 Å². The first-order chi connectivity index (χ1) is 6.26. The van der Waals surface area contributed by atoms with Crippen LogP contribution in [-0.2, 0) is 13.2 Å². The standard InChI is InChI=1S/C9H16N2OS/c1-3-7(2)10-4-9-11-8(5-12)6-13-9/h6-7,10,12H,3-5H2,1-2H3. The maximum atomic E-state index is 8.80. The van der Waals surface area contributed by atoms with Crippen LogP contribution in [0.4, 0.5) is 0 Å². The third-order valence-electron chi connectivity index (χ3n) is 1.98. The van der Waals surface area contributed by atoms with Gasteiger partial charge < -0.3 is 10.4 Å². The number of aliphatic hydroxyl groups excluding tert-OH is 1. The third kappa shape index (κ3) is 3.42. The molecule has 0 fully saturated rings.